The van der Waals surface area contributed by atoms with Crippen molar-refractivity contribution in [3.63, 3.8) is 0 Å². The van der Waals surface area contributed by atoms with Crippen LogP contribution in [0.3, 0.4) is 0 Å². The molecule has 0 bridgehead atoms. The smallest absolute Gasteiger partial charge is 0.303 e. The number of rotatable bonds is 7. The van der Waals surface area contributed by atoms with Crippen LogP contribution in [0, 0.1) is 0 Å². The highest BCUT2D eigenvalue weighted by molar-refractivity contribution is 7.58. The predicted octanol–water partition coefficient (Wildman–Crippen LogP) is 1.65. The van der Waals surface area contributed by atoms with E-state index in [0.29, 0.717) is 6.42 Å². The molecule has 5 nitrogen and oxygen atoms in total. The Morgan fingerprint density at radius 1 is 1.33 bits per heavy atom. The maximum absolute atomic E-state index is 11.9. The van der Waals surface area contributed by atoms with Gasteiger partial charge >= 0.3 is 5.97 Å². The van der Waals surface area contributed by atoms with E-state index in [9.17, 15) is 14.3 Å². The largest absolute Gasteiger partial charge is 0.481 e. The van der Waals surface area contributed by atoms with Crippen LogP contribution in [-0.2, 0) is 15.8 Å². The summed E-state index contributed by atoms with van der Waals surface area (Å²) in [5, 5.41) is 8.51. The van der Waals surface area contributed by atoms with Gasteiger partial charge in [0.05, 0.1) is 5.78 Å². The molecule has 1 aromatic rings. The SMILES string of the molecule is N[C@@H](CCC(=O)O)P(=O)(O)CCc1ccccc1. The molecule has 0 aliphatic rings. The number of aryl methyl sites for hydroxylation is 1. The molecule has 0 saturated carbocycles. The van der Waals surface area contributed by atoms with E-state index in [1.807, 2.05) is 30.3 Å². The molecule has 1 rings (SSSR count). The average Bonchev–Trinajstić information content (AvgIpc) is 2.34. The minimum atomic E-state index is -3.49. The van der Waals surface area contributed by atoms with Crippen LogP contribution in [0.5, 0.6) is 0 Å². The van der Waals surface area contributed by atoms with E-state index < -0.39 is 19.1 Å². The summed E-state index contributed by atoms with van der Waals surface area (Å²) < 4.78 is 11.9. The molecule has 0 radical (unpaired) electrons. The first kappa shape index (κ1) is 14.9. The van der Waals surface area contributed by atoms with Gasteiger partial charge in [-0.25, -0.2) is 0 Å². The fourth-order valence-corrected chi connectivity index (χ4v) is 3.02. The second-order valence-corrected chi connectivity index (χ2v) is 6.84. The Bertz CT molecular complexity index is 435. The number of nitrogens with two attached hydrogens (primary N) is 1. The van der Waals surface area contributed by atoms with Gasteiger partial charge in [-0.2, -0.15) is 0 Å². The van der Waals surface area contributed by atoms with E-state index in [0.717, 1.165) is 5.56 Å². The molecule has 0 aromatic heterocycles. The molecule has 100 valence electrons. The molecule has 0 saturated heterocycles. The molecule has 0 amide bonds. The maximum Gasteiger partial charge on any atom is 0.303 e. The summed E-state index contributed by atoms with van der Waals surface area (Å²) in [6, 6.07) is 9.36. The van der Waals surface area contributed by atoms with Crippen molar-refractivity contribution >= 4 is 13.3 Å². The molecule has 1 aromatic carbocycles. The number of aliphatic carboxylic acids is 1. The monoisotopic (exact) mass is 271 g/mol. The fourth-order valence-electron chi connectivity index (χ4n) is 1.57. The summed E-state index contributed by atoms with van der Waals surface area (Å²) in [5.74, 6) is -1.97. The second kappa shape index (κ2) is 6.69. The van der Waals surface area contributed by atoms with Gasteiger partial charge in [0.2, 0.25) is 7.37 Å². The molecule has 0 aliphatic carbocycles. The highest BCUT2D eigenvalue weighted by Crippen LogP contribution is 2.45. The molecule has 0 aliphatic heterocycles. The quantitative estimate of drug-likeness (QED) is 0.654. The number of hydrogen-bond donors (Lipinski definition) is 3. The third-order valence-electron chi connectivity index (χ3n) is 2.74. The van der Waals surface area contributed by atoms with Crippen LogP contribution in [0.2, 0.25) is 0 Å². The van der Waals surface area contributed by atoms with Crippen molar-refractivity contribution in [3.8, 4) is 0 Å². The first-order chi connectivity index (χ1) is 8.42. The lowest BCUT2D eigenvalue weighted by Gasteiger charge is -2.18. The Hall–Kier alpha value is -1.16. The average molecular weight is 271 g/mol. The number of carbonyl (C=O) groups is 1. The van der Waals surface area contributed by atoms with Gasteiger partial charge in [-0.15, -0.1) is 0 Å². The van der Waals surface area contributed by atoms with E-state index in [1.165, 1.54) is 0 Å². The van der Waals surface area contributed by atoms with Gasteiger partial charge < -0.3 is 15.7 Å². The summed E-state index contributed by atoms with van der Waals surface area (Å²) in [7, 11) is -3.49. The van der Waals surface area contributed by atoms with Crippen molar-refractivity contribution in [1.82, 2.24) is 0 Å². The molecule has 18 heavy (non-hydrogen) atoms. The summed E-state index contributed by atoms with van der Waals surface area (Å²) in [4.78, 5) is 20.2. The number of benzene rings is 1. The Kier molecular flexibility index (Phi) is 5.54. The zero-order chi connectivity index (χ0) is 13.6. The van der Waals surface area contributed by atoms with Crippen LogP contribution in [0.1, 0.15) is 18.4 Å². The first-order valence-electron chi connectivity index (χ1n) is 5.74. The van der Waals surface area contributed by atoms with Crippen molar-refractivity contribution in [2.24, 2.45) is 5.73 Å². The number of carboxylic acids is 1. The molecule has 2 atom stereocenters. The normalized spacial score (nSPS) is 15.9. The van der Waals surface area contributed by atoms with Gasteiger partial charge in [0.1, 0.15) is 0 Å². The van der Waals surface area contributed by atoms with Crippen LogP contribution < -0.4 is 5.73 Å². The highest BCUT2D eigenvalue weighted by atomic mass is 31.2. The molecular weight excluding hydrogens is 253 g/mol. The predicted molar refractivity (Wildman–Crippen MR) is 69.7 cm³/mol. The highest BCUT2D eigenvalue weighted by Gasteiger charge is 2.27. The zero-order valence-electron chi connectivity index (χ0n) is 10.0. The van der Waals surface area contributed by atoms with Crippen molar-refractivity contribution in [2.75, 3.05) is 6.16 Å². The van der Waals surface area contributed by atoms with E-state index >= 15 is 0 Å². The van der Waals surface area contributed by atoms with Gasteiger partial charge in [-0.3, -0.25) is 9.36 Å². The van der Waals surface area contributed by atoms with Crippen molar-refractivity contribution in [2.45, 2.75) is 25.0 Å². The lowest BCUT2D eigenvalue weighted by molar-refractivity contribution is -0.137. The molecule has 0 spiro atoms. The molecule has 1 unspecified atom stereocenters. The Morgan fingerprint density at radius 3 is 2.50 bits per heavy atom. The summed E-state index contributed by atoms with van der Waals surface area (Å²) in [6.07, 6.45) is 0.391. The molecule has 0 heterocycles. The van der Waals surface area contributed by atoms with Gasteiger partial charge in [0.15, 0.2) is 0 Å². The Balaban J connectivity index is 2.48. The molecule has 4 N–H and O–H groups in total. The lowest BCUT2D eigenvalue weighted by atomic mass is 10.2. The van der Waals surface area contributed by atoms with Crippen LogP contribution in [0.25, 0.3) is 0 Å². The van der Waals surface area contributed by atoms with E-state index in [1.54, 1.807) is 0 Å². The van der Waals surface area contributed by atoms with Crippen LogP contribution in [0.4, 0.5) is 0 Å². The minimum absolute atomic E-state index is 0.0257. The van der Waals surface area contributed by atoms with Gasteiger partial charge in [0, 0.05) is 12.6 Å². The molecular formula is C12H18NO4P. The lowest BCUT2D eigenvalue weighted by Crippen LogP contribution is -2.23. The number of carboxylic acid groups (broad SMARTS) is 1. The van der Waals surface area contributed by atoms with E-state index in [-0.39, 0.29) is 19.0 Å². The van der Waals surface area contributed by atoms with Gasteiger partial charge in [0.25, 0.3) is 0 Å². The summed E-state index contributed by atoms with van der Waals surface area (Å²) in [6.45, 7) is 0. The second-order valence-electron chi connectivity index (χ2n) is 4.21. The third-order valence-corrected chi connectivity index (χ3v) is 4.89. The third kappa shape index (κ3) is 5.00. The Labute approximate surface area is 106 Å². The van der Waals surface area contributed by atoms with Crippen molar-refractivity contribution in [1.29, 1.82) is 0 Å². The van der Waals surface area contributed by atoms with Crippen LogP contribution >= 0.6 is 7.37 Å². The van der Waals surface area contributed by atoms with Crippen molar-refractivity contribution < 1.29 is 19.4 Å². The van der Waals surface area contributed by atoms with E-state index in [2.05, 4.69) is 0 Å². The minimum Gasteiger partial charge on any atom is -0.481 e. The summed E-state index contributed by atoms with van der Waals surface area (Å²) >= 11 is 0. The van der Waals surface area contributed by atoms with Crippen LogP contribution in [0.15, 0.2) is 30.3 Å². The topological polar surface area (TPSA) is 101 Å². The standard InChI is InChI=1S/C12H18NO4P/c13-11(6-7-12(14)15)18(16,17)9-8-10-4-2-1-3-5-10/h1-5,11H,6-9,13H2,(H,14,15)(H,16,17)/t11-/m1/s1. The number of hydrogen-bond acceptors (Lipinski definition) is 3. The van der Waals surface area contributed by atoms with E-state index in [4.69, 9.17) is 10.8 Å². The van der Waals surface area contributed by atoms with Gasteiger partial charge in [-0.1, -0.05) is 30.3 Å². The molecule has 6 heteroatoms. The first-order valence-corrected chi connectivity index (χ1v) is 7.66. The zero-order valence-corrected chi connectivity index (χ0v) is 10.9. The van der Waals surface area contributed by atoms with Gasteiger partial charge in [-0.05, 0) is 18.4 Å². The maximum atomic E-state index is 11.9. The molecule has 0 fully saturated rings. The Morgan fingerprint density at radius 2 is 1.94 bits per heavy atom. The fraction of sp³-hybridized carbons (Fsp3) is 0.417. The summed E-state index contributed by atoms with van der Waals surface area (Å²) in [5.41, 5.74) is 6.56. The van der Waals surface area contributed by atoms with Crippen LogP contribution in [-0.4, -0.2) is 27.9 Å². The van der Waals surface area contributed by atoms with Crippen molar-refractivity contribution in [3.05, 3.63) is 35.9 Å².